The van der Waals surface area contributed by atoms with Gasteiger partial charge >= 0.3 is 0 Å². The van der Waals surface area contributed by atoms with Gasteiger partial charge in [-0.15, -0.1) is 0 Å². The molecule has 0 spiro atoms. The lowest BCUT2D eigenvalue weighted by Gasteiger charge is -2.32. The standard InChI is InChI=1S/C26H26ClN5O/c1-17-3-4-18(2)22(15-17)23-16-24-25(28-11-14-32(24)30-23)31-12-9-19(10-13-31)26(33)29-21-7-5-20(27)6-8-21/h3-8,11,14-16,19H,9-10,12-13H2,1-2H3,(H,29,33). The number of fused-ring (bicyclic) bond motifs is 1. The lowest BCUT2D eigenvalue weighted by atomic mass is 9.95. The van der Waals surface area contributed by atoms with Crippen molar-refractivity contribution in [1.82, 2.24) is 14.6 Å². The molecule has 168 valence electrons. The Kier molecular flexibility index (Phi) is 5.77. The number of amides is 1. The summed E-state index contributed by atoms with van der Waals surface area (Å²) in [6.07, 6.45) is 5.24. The number of anilines is 2. The molecular weight excluding hydrogens is 434 g/mol. The zero-order chi connectivity index (χ0) is 22.9. The van der Waals surface area contributed by atoms with Crippen molar-refractivity contribution in [2.24, 2.45) is 5.92 Å². The number of aromatic nitrogens is 3. The van der Waals surface area contributed by atoms with Gasteiger partial charge in [-0.2, -0.15) is 5.10 Å². The molecule has 0 aliphatic carbocycles. The van der Waals surface area contributed by atoms with Crippen molar-refractivity contribution >= 4 is 34.5 Å². The normalized spacial score (nSPS) is 14.6. The van der Waals surface area contributed by atoms with E-state index in [-0.39, 0.29) is 11.8 Å². The number of aryl methyl sites for hydroxylation is 2. The van der Waals surface area contributed by atoms with Crippen LogP contribution in [0.4, 0.5) is 11.5 Å². The molecule has 1 N–H and O–H groups in total. The monoisotopic (exact) mass is 459 g/mol. The second-order valence-corrected chi connectivity index (χ2v) is 9.12. The molecule has 1 saturated heterocycles. The first-order valence-electron chi connectivity index (χ1n) is 11.2. The lowest BCUT2D eigenvalue weighted by molar-refractivity contribution is -0.120. The summed E-state index contributed by atoms with van der Waals surface area (Å²) in [4.78, 5) is 19.7. The van der Waals surface area contributed by atoms with Gasteiger partial charge in [-0.3, -0.25) is 4.79 Å². The Morgan fingerprint density at radius 2 is 1.82 bits per heavy atom. The highest BCUT2D eigenvalue weighted by atomic mass is 35.5. The van der Waals surface area contributed by atoms with Crippen LogP contribution in [0.3, 0.4) is 0 Å². The molecule has 0 atom stereocenters. The molecule has 0 unspecified atom stereocenters. The van der Waals surface area contributed by atoms with Crippen LogP contribution in [-0.4, -0.2) is 33.6 Å². The Labute approximate surface area is 198 Å². The quantitative estimate of drug-likeness (QED) is 0.436. The summed E-state index contributed by atoms with van der Waals surface area (Å²) in [6.45, 7) is 5.75. The van der Waals surface area contributed by atoms with E-state index in [4.69, 9.17) is 16.7 Å². The van der Waals surface area contributed by atoms with E-state index >= 15 is 0 Å². The van der Waals surface area contributed by atoms with Gasteiger partial charge in [-0.1, -0.05) is 29.3 Å². The van der Waals surface area contributed by atoms with E-state index in [1.807, 2.05) is 22.8 Å². The van der Waals surface area contributed by atoms with Crippen LogP contribution in [0.25, 0.3) is 16.8 Å². The van der Waals surface area contributed by atoms with Crippen LogP contribution < -0.4 is 10.2 Å². The number of piperidine rings is 1. The summed E-state index contributed by atoms with van der Waals surface area (Å²) in [6, 6.07) is 15.8. The Hall–Kier alpha value is -3.38. The molecular formula is C26H26ClN5O. The van der Waals surface area contributed by atoms with Crippen molar-refractivity contribution in [3.63, 3.8) is 0 Å². The van der Waals surface area contributed by atoms with Crippen molar-refractivity contribution in [3.8, 4) is 11.3 Å². The zero-order valence-electron chi connectivity index (χ0n) is 18.8. The molecule has 1 aliphatic heterocycles. The van der Waals surface area contributed by atoms with Gasteiger partial charge in [-0.05, 0) is 68.7 Å². The van der Waals surface area contributed by atoms with Crippen LogP contribution in [0.5, 0.6) is 0 Å². The van der Waals surface area contributed by atoms with E-state index in [0.717, 1.165) is 54.2 Å². The number of halogens is 1. The Morgan fingerprint density at radius 1 is 1.06 bits per heavy atom. The van der Waals surface area contributed by atoms with E-state index in [9.17, 15) is 4.79 Å². The number of nitrogens with one attached hydrogen (secondary N) is 1. The number of carbonyl (C=O) groups is 1. The SMILES string of the molecule is Cc1ccc(C)c(-c2cc3c(N4CCC(C(=O)Nc5ccc(Cl)cc5)CC4)nccn3n2)c1. The highest BCUT2D eigenvalue weighted by Gasteiger charge is 2.27. The van der Waals surface area contributed by atoms with Gasteiger partial charge in [0.1, 0.15) is 5.52 Å². The Bertz CT molecular complexity index is 1310. The topological polar surface area (TPSA) is 62.5 Å². The Morgan fingerprint density at radius 3 is 2.58 bits per heavy atom. The maximum Gasteiger partial charge on any atom is 0.227 e. The van der Waals surface area contributed by atoms with Crippen molar-refractivity contribution in [1.29, 1.82) is 0 Å². The summed E-state index contributed by atoms with van der Waals surface area (Å²) in [7, 11) is 0. The van der Waals surface area contributed by atoms with Gasteiger partial charge in [0.25, 0.3) is 0 Å². The fourth-order valence-electron chi connectivity index (χ4n) is 4.43. The number of carbonyl (C=O) groups excluding carboxylic acids is 1. The molecule has 2 aromatic carbocycles. The van der Waals surface area contributed by atoms with Gasteiger partial charge in [0.2, 0.25) is 5.91 Å². The van der Waals surface area contributed by atoms with E-state index in [1.165, 1.54) is 11.1 Å². The molecule has 1 amide bonds. The van der Waals surface area contributed by atoms with E-state index in [1.54, 1.807) is 18.3 Å². The minimum atomic E-state index is -0.0212. The van der Waals surface area contributed by atoms with E-state index < -0.39 is 0 Å². The summed E-state index contributed by atoms with van der Waals surface area (Å²) in [5.74, 6) is 0.954. The largest absolute Gasteiger partial charge is 0.355 e. The van der Waals surface area contributed by atoms with E-state index in [0.29, 0.717) is 5.02 Å². The predicted molar refractivity (Wildman–Crippen MR) is 133 cm³/mol. The fraction of sp³-hybridized carbons (Fsp3) is 0.269. The number of hydrogen-bond acceptors (Lipinski definition) is 4. The number of rotatable bonds is 4. The maximum absolute atomic E-state index is 12.7. The second-order valence-electron chi connectivity index (χ2n) is 8.69. The number of benzene rings is 2. The molecule has 5 rings (SSSR count). The van der Waals surface area contributed by atoms with Crippen LogP contribution in [0, 0.1) is 19.8 Å². The van der Waals surface area contributed by atoms with Crippen LogP contribution in [0.15, 0.2) is 60.9 Å². The van der Waals surface area contributed by atoms with Crippen molar-refractivity contribution in [2.75, 3.05) is 23.3 Å². The zero-order valence-corrected chi connectivity index (χ0v) is 19.5. The highest BCUT2D eigenvalue weighted by molar-refractivity contribution is 6.30. The third kappa shape index (κ3) is 4.44. The molecule has 3 heterocycles. The lowest BCUT2D eigenvalue weighted by Crippen LogP contribution is -2.38. The van der Waals surface area contributed by atoms with Crippen LogP contribution in [0.1, 0.15) is 24.0 Å². The van der Waals surface area contributed by atoms with Gasteiger partial charge in [0.05, 0.1) is 5.69 Å². The summed E-state index contributed by atoms with van der Waals surface area (Å²) < 4.78 is 1.90. The van der Waals surface area contributed by atoms with Crippen LogP contribution >= 0.6 is 11.6 Å². The molecule has 7 heteroatoms. The van der Waals surface area contributed by atoms with Gasteiger partial charge in [0.15, 0.2) is 5.82 Å². The summed E-state index contributed by atoms with van der Waals surface area (Å²) >= 11 is 5.93. The minimum Gasteiger partial charge on any atom is -0.355 e. The molecule has 4 aromatic rings. The fourth-order valence-corrected chi connectivity index (χ4v) is 4.55. The highest BCUT2D eigenvalue weighted by Crippen LogP contribution is 2.30. The predicted octanol–water partition coefficient (Wildman–Crippen LogP) is 5.52. The maximum atomic E-state index is 12.7. The summed E-state index contributed by atoms with van der Waals surface area (Å²) in [5, 5.41) is 8.48. The molecule has 6 nitrogen and oxygen atoms in total. The molecule has 33 heavy (non-hydrogen) atoms. The average Bonchev–Trinajstić information content (AvgIpc) is 3.26. The van der Waals surface area contributed by atoms with E-state index in [2.05, 4.69) is 53.3 Å². The van der Waals surface area contributed by atoms with Gasteiger partial charge in [0, 0.05) is 47.7 Å². The van der Waals surface area contributed by atoms with Crippen molar-refractivity contribution in [2.45, 2.75) is 26.7 Å². The van der Waals surface area contributed by atoms with Gasteiger partial charge < -0.3 is 10.2 Å². The molecule has 0 saturated carbocycles. The number of nitrogens with zero attached hydrogens (tertiary/aromatic N) is 4. The van der Waals surface area contributed by atoms with Crippen LogP contribution in [-0.2, 0) is 4.79 Å². The summed E-state index contributed by atoms with van der Waals surface area (Å²) in [5.41, 5.74) is 6.26. The first-order valence-corrected chi connectivity index (χ1v) is 11.6. The van der Waals surface area contributed by atoms with Gasteiger partial charge in [-0.25, -0.2) is 9.50 Å². The first-order chi connectivity index (χ1) is 16.0. The average molecular weight is 460 g/mol. The first kappa shape index (κ1) is 21.5. The molecule has 0 radical (unpaired) electrons. The molecule has 2 aromatic heterocycles. The molecule has 1 fully saturated rings. The van der Waals surface area contributed by atoms with Crippen molar-refractivity contribution < 1.29 is 4.79 Å². The smallest absolute Gasteiger partial charge is 0.227 e. The second kappa shape index (κ2) is 8.87. The third-order valence-corrected chi connectivity index (χ3v) is 6.57. The third-order valence-electron chi connectivity index (χ3n) is 6.32. The minimum absolute atomic E-state index is 0.0212. The van der Waals surface area contributed by atoms with Crippen molar-refractivity contribution in [3.05, 3.63) is 77.1 Å². The Balaban J connectivity index is 1.32. The van der Waals surface area contributed by atoms with Crippen LogP contribution in [0.2, 0.25) is 5.02 Å². The molecule has 1 aliphatic rings. The number of hydrogen-bond donors (Lipinski definition) is 1. The molecule has 0 bridgehead atoms.